The van der Waals surface area contributed by atoms with Gasteiger partial charge in [-0.3, -0.25) is 4.79 Å². The highest BCUT2D eigenvalue weighted by Crippen LogP contribution is 2.18. The van der Waals surface area contributed by atoms with Gasteiger partial charge in [-0.15, -0.1) is 0 Å². The minimum absolute atomic E-state index is 0.184. The number of benzene rings is 1. The Balaban J connectivity index is 2.53. The molecule has 0 amide bonds. The molecule has 0 radical (unpaired) electrons. The average Bonchev–Trinajstić information content (AvgIpc) is 2.04. The van der Waals surface area contributed by atoms with Gasteiger partial charge in [0.1, 0.15) is 0 Å². The summed E-state index contributed by atoms with van der Waals surface area (Å²) in [7, 11) is 0. The fourth-order valence-electron chi connectivity index (χ4n) is 1.39. The maximum Gasteiger partial charge on any atom is 0.176 e. The van der Waals surface area contributed by atoms with Crippen LogP contribution in [-0.2, 0) is 6.54 Å². The van der Waals surface area contributed by atoms with Crippen LogP contribution >= 0.6 is 15.9 Å². The second-order valence-electron chi connectivity index (χ2n) is 2.83. The van der Waals surface area contributed by atoms with Gasteiger partial charge in [0.2, 0.25) is 0 Å². The van der Waals surface area contributed by atoms with Gasteiger partial charge in [0.15, 0.2) is 5.78 Å². The van der Waals surface area contributed by atoms with Gasteiger partial charge >= 0.3 is 0 Å². The van der Waals surface area contributed by atoms with Crippen molar-refractivity contribution < 1.29 is 4.79 Å². The standard InChI is InChI=1S/C9H8BrNO/c10-7-1-2-8-6(3-7)4-11-5-9(8)12/h1-3,11H,4-5H2. The van der Waals surface area contributed by atoms with Crippen molar-refractivity contribution in [2.45, 2.75) is 6.54 Å². The van der Waals surface area contributed by atoms with Crippen LogP contribution in [0, 0.1) is 0 Å². The first-order chi connectivity index (χ1) is 5.77. The van der Waals surface area contributed by atoms with Crippen LogP contribution in [0.25, 0.3) is 0 Å². The zero-order valence-corrected chi connectivity index (χ0v) is 8.02. The molecule has 62 valence electrons. The van der Waals surface area contributed by atoms with E-state index >= 15 is 0 Å². The third-order valence-corrected chi connectivity index (χ3v) is 2.46. The van der Waals surface area contributed by atoms with Crippen molar-refractivity contribution in [3.8, 4) is 0 Å². The summed E-state index contributed by atoms with van der Waals surface area (Å²) >= 11 is 3.37. The first kappa shape index (κ1) is 7.95. The average molecular weight is 226 g/mol. The first-order valence-corrected chi connectivity index (χ1v) is 4.59. The number of hydrogen-bond acceptors (Lipinski definition) is 2. The summed E-state index contributed by atoms with van der Waals surface area (Å²) in [6.45, 7) is 1.26. The summed E-state index contributed by atoms with van der Waals surface area (Å²) in [6, 6.07) is 5.77. The molecular formula is C9H8BrNO. The summed E-state index contributed by atoms with van der Waals surface area (Å²) in [5.74, 6) is 0.184. The largest absolute Gasteiger partial charge is 0.306 e. The number of ketones is 1. The Morgan fingerprint density at radius 3 is 3.00 bits per heavy atom. The van der Waals surface area contributed by atoms with Crippen LogP contribution in [0.4, 0.5) is 0 Å². The summed E-state index contributed by atoms with van der Waals surface area (Å²) < 4.78 is 1.03. The number of Topliss-reactive ketones (excluding diaryl/α,β-unsaturated/α-hetero) is 1. The van der Waals surface area contributed by atoms with E-state index in [1.807, 2.05) is 18.2 Å². The van der Waals surface area contributed by atoms with E-state index in [1.54, 1.807) is 0 Å². The normalized spacial score (nSPS) is 15.9. The molecule has 1 heterocycles. The second kappa shape index (κ2) is 2.99. The van der Waals surface area contributed by atoms with Gasteiger partial charge < -0.3 is 5.32 Å². The van der Waals surface area contributed by atoms with Gasteiger partial charge in [0.05, 0.1) is 6.54 Å². The lowest BCUT2D eigenvalue weighted by Crippen LogP contribution is -2.29. The molecule has 0 aromatic heterocycles. The van der Waals surface area contributed by atoms with Gasteiger partial charge in [-0.25, -0.2) is 0 Å². The highest BCUT2D eigenvalue weighted by atomic mass is 79.9. The molecule has 1 aromatic rings. The molecule has 0 spiro atoms. The van der Waals surface area contributed by atoms with Crippen molar-refractivity contribution >= 4 is 21.7 Å². The van der Waals surface area contributed by atoms with Crippen LogP contribution in [0.15, 0.2) is 22.7 Å². The predicted molar refractivity (Wildman–Crippen MR) is 50.2 cm³/mol. The van der Waals surface area contributed by atoms with E-state index < -0.39 is 0 Å². The van der Waals surface area contributed by atoms with Gasteiger partial charge in [-0.05, 0) is 23.8 Å². The maximum absolute atomic E-state index is 11.3. The smallest absolute Gasteiger partial charge is 0.176 e. The van der Waals surface area contributed by atoms with Crippen molar-refractivity contribution in [3.63, 3.8) is 0 Å². The Kier molecular flexibility index (Phi) is 1.98. The summed E-state index contributed by atoms with van der Waals surface area (Å²) in [5.41, 5.74) is 1.94. The van der Waals surface area contributed by atoms with Crippen LogP contribution in [-0.4, -0.2) is 12.3 Å². The number of fused-ring (bicyclic) bond motifs is 1. The molecule has 2 nitrogen and oxygen atoms in total. The van der Waals surface area contributed by atoms with Crippen LogP contribution in [0.5, 0.6) is 0 Å². The van der Waals surface area contributed by atoms with E-state index in [9.17, 15) is 4.79 Å². The molecule has 0 saturated heterocycles. The van der Waals surface area contributed by atoms with E-state index in [0.717, 1.165) is 22.1 Å². The molecule has 0 saturated carbocycles. The van der Waals surface area contributed by atoms with E-state index in [2.05, 4.69) is 21.2 Å². The molecule has 1 aliphatic heterocycles. The van der Waals surface area contributed by atoms with E-state index in [0.29, 0.717) is 6.54 Å². The molecule has 1 aromatic carbocycles. The van der Waals surface area contributed by atoms with Crippen LogP contribution in [0.2, 0.25) is 0 Å². The Labute approximate surface area is 79.1 Å². The van der Waals surface area contributed by atoms with Crippen molar-refractivity contribution in [1.29, 1.82) is 0 Å². The van der Waals surface area contributed by atoms with Gasteiger partial charge in [0, 0.05) is 16.6 Å². The molecule has 0 unspecified atom stereocenters. The van der Waals surface area contributed by atoms with Crippen LogP contribution in [0.1, 0.15) is 15.9 Å². The van der Waals surface area contributed by atoms with Gasteiger partial charge in [-0.2, -0.15) is 0 Å². The molecule has 1 aliphatic rings. The minimum Gasteiger partial charge on any atom is -0.306 e. The summed E-state index contributed by atoms with van der Waals surface area (Å²) in [6.07, 6.45) is 0. The zero-order chi connectivity index (χ0) is 8.55. The molecular weight excluding hydrogens is 218 g/mol. The Bertz CT molecular complexity index is 335. The molecule has 0 bridgehead atoms. The Hall–Kier alpha value is -0.670. The first-order valence-electron chi connectivity index (χ1n) is 3.80. The molecule has 1 N–H and O–H groups in total. The summed E-state index contributed by atoms with van der Waals surface area (Å²) in [4.78, 5) is 11.3. The number of hydrogen-bond donors (Lipinski definition) is 1. The summed E-state index contributed by atoms with van der Waals surface area (Å²) in [5, 5.41) is 3.05. The number of carbonyl (C=O) groups is 1. The minimum atomic E-state index is 0.184. The number of nitrogens with one attached hydrogen (secondary N) is 1. The lowest BCUT2D eigenvalue weighted by Gasteiger charge is -2.15. The molecule has 0 atom stereocenters. The SMILES string of the molecule is O=C1CNCc2cc(Br)ccc21. The number of carbonyl (C=O) groups excluding carboxylic acids is 1. The zero-order valence-electron chi connectivity index (χ0n) is 6.43. The third-order valence-electron chi connectivity index (χ3n) is 1.97. The van der Waals surface area contributed by atoms with E-state index in [-0.39, 0.29) is 5.78 Å². The highest BCUT2D eigenvalue weighted by Gasteiger charge is 2.15. The number of halogens is 1. The topological polar surface area (TPSA) is 29.1 Å². The number of rotatable bonds is 0. The second-order valence-corrected chi connectivity index (χ2v) is 3.74. The maximum atomic E-state index is 11.3. The Morgan fingerprint density at radius 1 is 1.33 bits per heavy atom. The quantitative estimate of drug-likeness (QED) is 0.729. The van der Waals surface area contributed by atoms with Crippen molar-refractivity contribution in [1.82, 2.24) is 5.32 Å². The van der Waals surface area contributed by atoms with Crippen molar-refractivity contribution in [2.75, 3.05) is 6.54 Å². The molecule has 0 fully saturated rings. The molecule has 2 rings (SSSR count). The fourth-order valence-corrected chi connectivity index (χ4v) is 1.79. The van der Waals surface area contributed by atoms with Crippen molar-refractivity contribution in [2.24, 2.45) is 0 Å². The molecule has 0 aliphatic carbocycles. The molecule has 3 heteroatoms. The van der Waals surface area contributed by atoms with Gasteiger partial charge in [0.25, 0.3) is 0 Å². The van der Waals surface area contributed by atoms with Crippen LogP contribution in [0.3, 0.4) is 0 Å². The Morgan fingerprint density at radius 2 is 2.17 bits per heavy atom. The lowest BCUT2D eigenvalue weighted by atomic mass is 10.0. The highest BCUT2D eigenvalue weighted by molar-refractivity contribution is 9.10. The van der Waals surface area contributed by atoms with Gasteiger partial charge in [-0.1, -0.05) is 15.9 Å². The van der Waals surface area contributed by atoms with E-state index in [1.165, 1.54) is 0 Å². The third kappa shape index (κ3) is 1.30. The predicted octanol–water partition coefficient (Wildman–Crippen LogP) is 1.73. The molecule has 12 heavy (non-hydrogen) atoms. The fraction of sp³-hybridized carbons (Fsp3) is 0.222. The lowest BCUT2D eigenvalue weighted by molar-refractivity contribution is 0.0982. The van der Waals surface area contributed by atoms with Crippen molar-refractivity contribution in [3.05, 3.63) is 33.8 Å². The monoisotopic (exact) mass is 225 g/mol. The van der Waals surface area contributed by atoms with Crippen LogP contribution < -0.4 is 5.32 Å². The van der Waals surface area contributed by atoms with E-state index in [4.69, 9.17) is 0 Å².